The minimum atomic E-state index is -0.151. The maximum absolute atomic E-state index is 12.0. The monoisotopic (exact) mass is 735 g/mol. The van der Waals surface area contributed by atoms with E-state index in [2.05, 4.69) is 76.5 Å². The van der Waals surface area contributed by atoms with Gasteiger partial charge in [-0.05, 0) is 73.7 Å². The van der Waals surface area contributed by atoms with Crippen molar-refractivity contribution in [1.82, 2.24) is 29.3 Å². The maximum Gasteiger partial charge on any atom is 0.228 e. The van der Waals surface area contributed by atoms with E-state index in [1.807, 2.05) is 74.1 Å². The first kappa shape index (κ1) is 35.6. The minimum Gasteiger partial charge on any atom is -0.487 e. The van der Waals surface area contributed by atoms with Crippen LogP contribution >= 0.6 is 0 Å². The van der Waals surface area contributed by atoms with E-state index in [-0.39, 0.29) is 12.0 Å². The number of carbonyl (C=O) groups excluding carboxylic acids is 2. The van der Waals surface area contributed by atoms with Crippen LogP contribution in [0.2, 0.25) is 0 Å². The normalized spacial score (nSPS) is 15.1. The van der Waals surface area contributed by atoms with Gasteiger partial charge in [0.1, 0.15) is 11.8 Å². The number of benzene rings is 4. The molecule has 12 nitrogen and oxygen atoms in total. The molecule has 1 saturated carbocycles. The summed E-state index contributed by atoms with van der Waals surface area (Å²) in [5, 5.41) is 25.3. The molecule has 1 aliphatic carbocycles. The van der Waals surface area contributed by atoms with Gasteiger partial charge in [-0.15, -0.1) is 0 Å². The number of nitrogens with zero attached hydrogens (tertiary/aromatic N) is 6. The smallest absolute Gasteiger partial charge is 0.228 e. The number of hydrogen-bond donors (Lipinski definition) is 3. The molecule has 1 atom stereocenters. The molecule has 2 aliphatic rings. The Balaban J connectivity index is 0.000000156. The van der Waals surface area contributed by atoms with Crippen LogP contribution in [0.5, 0.6) is 5.75 Å². The molecule has 1 aliphatic heterocycles. The zero-order valence-corrected chi connectivity index (χ0v) is 31.8. The Kier molecular flexibility index (Phi) is 9.56. The number of para-hydroxylation sites is 2. The van der Waals surface area contributed by atoms with Crippen LogP contribution in [-0.2, 0) is 30.7 Å². The van der Waals surface area contributed by atoms with Crippen molar-refractivity contribution >= 4 is 51.2 Å². The van der Waals surface area contributed by atoms with Crippen molar-refractivity contribution in [3.63, 3.8) is 0 Å². The highest BCUT2D eigenvalue weighted by atomic mass is 16.5. The summed E-state index contributed by atoms with van der Waals surface area (Å²) < 4.78 is 11.8. The average molecular weight is 736 g/mol. The SMILES string of the molecule is CCCNc1c(NC=O)cccc1-c1ccc2c(c1)c(-c1cnn(C)c1)nn2C.C[C@@H]1CC(=O)Nc2cccc(-c3ccc4c(c3)c(C3CC3)nn4C)c2O1. The number of carbonyl (C=O) groups is 2. The minimum absolute atomic E-state index is 0.00729. The van der Waals surface area contributed by atoms with E-state index >= 15 is 0 Å². The number of hydrogen-bond acceptors (Lipinski definition) is 7. The molecule has 3 aromatic heterocycles. The highest BCUT2D eigenvalue weighted by Crippen LogP contribution is 2.45. The number of ether oxygens (including phenoxy) is 1. The van der Waals surface area contributed by atoms with Crippen LogP contribution in [0, 0.1) is 0 Å². The van der Waals surface area contributed by atoms with Gasteiger partial charge in [0.05, 0.1) is 46.4 Å². The Morgan fingerprint density at radius 1 is 0.891 bits per heavy atom. The molecule has 2 amide bonds. The number of aromatic nitrogens is 6. The van der Waals surface area contributed by atoms with Gasteiger partial charge in [-0.2, -0.15) is 15.3 Å². The van der Waals surface area contributed by atoms with Gasteiger partial charge in [-0.25, -0.2) is 0 Å². The highest BCUT2D eigenvalue weighted by molar-refractivity contribution is 5.99. The zero-order chi connectivity index (χ0) is 38.2. The van der Waals surface area contributed by atoms with Gasteiger partial charge in [0, 0.05) is 67.3 Å². The van der Waals surface area contributed by atoms with Gasteiger partial charge in [-0.3, -0.25) is 23.6 Å². The summed E-state index contributed by atoms with van der Waals surface area (Å²) in [6.07, 6.45) is 8.16. The molecule has 4 heterocycles. The van der Waals surface area contributed by atoms with E-state index in [4.69, 9.17) is 14.9 Å². The number of nitrogens with one attached hydrogen (secondary N) is 3. The summed E-state index contributed by atoms with van der Waals surface area (Å²) in [5.41, 5.74) is 11.9. The van der Waals surface area contributed by atoms with Crippen LogP contribution in [0.1, 0.15) is 51.1 Å². The van der Waals surface area contributed by atoms with Gasteiger partial charge in [0.2, 0.25) is 12.3 Å². The van der Waals surface area contributed by atoms with E-state index in [1.54, 1.807) is 4.68 Å². The molecule has 12 heteroatoms. The lowest BCUT2D eigenvalue weighted by atomic mass is 9.99. The van der Waals surface area contributed by atoms with E-state index < -0.39 is 0 Å². The Hall–Kier alpha value is -6.43. The van der Waals surface area contributed by atoms with Crippen molar-refractivity contribution in [3.8, 4) is 39.3 Å². The Morgan fingerprint density at radius 3 is 2.33 bits per heavy atom. The largest absolute Gasteiger partial charge is 0.487 e. The molecular formula is C43H45N9O3. The van der Waals surface area contributed by atoms with Crippen LogP contribution < -0.4 is 20.7 Å². The predicted molar refractivity (Wildman–Crippen MR) is 218 cm³/mol. The van der Waals surface area contributed by atoms with Crippen LogP contribution in [0.15, 0.2) is 85.2 Å². The molecule has 3 N–H and O–H groups in total. The molecule has 0 bridgehead atoms. The fraction of sp³-hybridized carbons (Fsp3) is 0.279. The van der Waals surface area contributed by atoms with Gasteiger partial charge in [0.15, 0.2) is 5.75 Å². The fourth-order valence-corrected chi connectivity index (χ4v) is 7.42. The highest BCUT2D eigenvalue weighted by Gasteiger charge is 2.29. The Bertz CT molecular complexity index is 2560. The van der Waals surface area contributed by atoms with Crippen LogP contribution in [0.4, 0.5) is 17.1 Å². The lowest BCUT2D eigenvalue weighted by molar-refractivity contribution is -0.117. The lowest BCUT2D eigenvalue weighted by Gasteiger charge is -2.16. The first-order valence-electron chi connectivity index (χ1n) is 18.8. The Morgan fingerprint density at radius 2 is 1.60 bits per heavy atom. The Labute approximate surface area is 319 Å². The summed E-state index contributed by atoms with van der Waals surface area (Å²) in [6.45, 7) is 4.87. The van der Waals surface area contributed by atoms with E-state index in [0.717, 1.165) is 85.7 Å². The second kappa shape index (κ2) is 14.8. The average Bonchev–Trinajstić information content (AvgIpc) is 3.78. The quantitative estimate of drug-likeness (QED) is 0.127. The van der Waals surface area contributed by atoms with Crippen molar-refractivity contribution < 1.29 is 14.3 Å². The van der Waals surface area contributed by atoms with E-state index in [9.17, 15) is 9.59 Å². The van der Waals surface area contributed by atoms with Gasteiger partial charge in [-0.1, -0.05) is 43.3 Å². The van der Waals surface area contributed by atoms with Gasteiger partial charge < -0.3 is 20.7 Å². The summed E-state index contributed by atoms with van der Waals surface area (Å²) >= 11 is 0. The molecule has 0 spiro atoms. The summed E-state index contributed by atoms with van der Waals surface area (Å²) in [7, 11) is 5.85. The topological polar surface area (TPSA) is 133 Å². The lowest BCUT2D eigenvalue weighted by Crippen LogP contribution is -2.17. The van der Waals surface area contributed by atoms with Crippen molar-refractivity contribution in [1.29, 1.82) is 0 Å². The van der Waals surface area contributed by atoms with Crippen LogP contribution in [0.25, 0.3) is 55.3 Å². The molecule has 4 aromatic carbocycles. The van der Waals surface area contributed by atoms with Crippen molar-refractivity contribution in [2.45, 2.75) is 51.6 Å². The number of fused-ring (bicyclic) bond motifs is 3. The zero-order valence-electron chi connectivity index (χ0n) is 31.8. The number of rotatable bonds is 9. The molecule has 0 unspecified atom stereocenters. The van der Waals surface area contributed by atoms with Crippen molar-refractivity contribution in [2.24, 2.45) is 21.1 Å². The molecular weight excluding hydrogens is 691 g/mol. The number of amides is 2. The van der Waals surface area contributed by atoms with Gasteiger partial charge in [0.25, 0.3) is 0 Å². The molecule has 0 saturated heterocycles. The molecule has 280 valence electrons. The van der Waals surface area contributed by atoms with Crippen LogP contribution in [-0.4, -0.2) is 54.3 Å². The predicted octanol–water partition coefficient (Wildman–Crippen LogP) is 8.26. The molecule has 1 fully saturated rings. The third-order valence-corrected chi connectivity index (χ3v) is 10.2. The summed E-state index contributed by atoms with van der Waals surface area (Å²) in [6, 6.07) is 24.6. The first-order valence-corrected chi connectivity index (χ1v) is 18.8. The third-order valence-electron chi connectivity index (χ3n) is 10.2. The van der Waals surface area contributed by atoms with Gasteiger partial charge >= 0.3 is 0 Å². The maximum atomic E-state index is 12.0. The number of anilines is 3. The van der Waals surface area contributed by atoms with Crippen LogP contribution in [0.3, 0.4) is 0 Å². The molecule has 0 radical (unpaired) electrons. The summed E-state index contributed by atoms with van der Waals surface area (Å²) in [5.74, 6) is 1.34. The van der Waals surface area contributed by atoms with E-state index in [1.165, 1.54) is 23.9 Å². The molecule has 9 rings (SSSR count). The van der Waals surface area contributed by atoms with E-state index in [0.29, 0.717) is 18.7 Å². The van der Waals surface area contributed by atoms with Crippen molar-refractivity contribution in [3.05, 3.63) is 90.9 Å². The number of aryl methyl sites for hydroxylation is 3. The third kappa shape index (κ3) is 7.03. The van der Waals surface area contributed by atoms with Crippen molar-refractivity contribution in [2.75, 3.05) is 22.5 Å². The summed E-state index contributed by atoms with van der Waals surface area (Å²) in [4.78, 5) is 23.1. The second-order valence-corrected chi connectivity index (χ2v) is 14.4. The molecule has 7 aromatic rings. The second-order valence-electron chi connectivity index (χ2n) is 14.4. The first-order chi connectivity index (χ1) is 26.7. The fourth-order valence-electron chi connectivity index (χ4n) is 7.42. The molecule has 55 heavy (non-hydrogen) atoms. The standard InChI is InChI=1S/C22H24N6O.C21H21N3O2/c1-4-10-23-22-17(6-5-7-19(22)24-14-29)15-8-9-20-18(11-15)21(26-28(20)3)16-12-25-27(2)13-16;1-12-10-19(25)22-17-5-3-4-15(21(17)26-12)14-8-9-18-16(11-14)20(13-6-7-13)23-24(18)2/h5-9,11-14,23H,4,10H2,1-3H3,(H,24,29);3-5,8-9,11-13H,6-7,10H2,1-2H3,(H,22,25)/t;12-/m.1/s1.